The summed E-state index contributed by atoms with van der Waals surface area (Å²) in [5.41, 5.74) is 6.46. The number of carbonyl (C=O) groups is 1. The molecule has 0 aliphatic rings. The number of rotatable bonds is 8. The van der Waals surface area contributed by atoms with E-state index >= 15 is 0 Å². The van der Waals surface area contributed by atoms with Crippen molar-refractivity contribution in [3.63, 3.8) is 0 Å². The van der Waals surface area contributed by atoms with Gasteiger partial charge < -0.3 is 20.3 Å². The Morgan fingerprint density at radius 3 is 2.56 bits per heavy atom. The lowest BCUT2D eigenvalue weighted by Gasteiger charge is -2.14. The van der Waals surface area contributed by atoms with E-state index in [1.807, 2.05) is 12.1 Å². The molecule has 1 rings (SSSR count). The van der Waals surface area contributed by atoms with E-state index in [-0.39, 0.29) is 6.54 Å². The van der Waals surface area contributed by atoms with Crippen LogP contribution in [0.3, 0.4) is 0 Å². The van der Waals surface area contributed by atoms with Crippen LogP contribution in [0.15, 0.2) is 24.3 Å². The minimum absolute atomic E-state index is 0.281. The number of hydrogen-bond donors (Lipinski definition) is 2. The monoisotopic (exact) mass is 253 g/mol. The molecule has 0 aliphatic carbocycles. The predicted octanol–water partition coefficient (Wildman–Crippen LogP) is 1.06. The highest BCUT2D eigenvalue weighted by Gasteiger charge is 2.18. The van der Waals surface area contributed by atoms with Crippen LogP contribution in [0.4, 0.5) is 0 Å². The lowest BCUT2D eigenvalue weighted by Crippen LogP contribution is -2.29. The molecule has 5 nitrogen and oxygen atoms in total. The van der Waals surface area contributed by atoms with E-state index in [0.29, 0.717) is 18.8 Å². The molecule has 0 aliphatic heterocycles. The maximum absolute atomic E-state index is 10.9. The van der Waals surface area contributed by atoms with E-state index in [2.05, 4.69) is 0 Å². The van der Waals surface area contributed by atoms with Crippen LogP contribution in [0, 0.1) is 0 Å². The number of aliphatic carboxylic acids is 1. The third kappa shape index (κ3) is 4.73. The minimum atomic E-state index is -0.996. The molecule has 0 spiro atoms. The van der Waals surface area contributed by atoms with Gasteiger partial charge in [-0.15, -0.1) is 0 Å². The van der Waals surface area contributed by atoms with Crippen LogP contribution in [0.2, 0.25) is 0 Å². The summed E-state index contributed by atoms with van der Waals surface area (Å²) in [6.45, 7) is 0.939. The maximum Gasteiger partial charge on any atom is 0.344 e. The van der Waals surface area contributed by atoms with Gasteiger partial charge in [0.25, 0.3) is 0 Å². The molecule has 5 heteroatoms. The van der Waals surface area contributed by atoms with Crippen molar-refractivity contribution in [1.29, 1.82) is 0 Å². The van der Waals surface area contributed by atoms with E-state index < -0.39 is 12.1 Å². The average molecular weight is 253 g/mol. The van der Waals surface area contributed by atoms with Gasteiger partial charge in [0.05, 0.1) is 6.61 Å². The minimum Gasteiger partial charge on any atom is -0.479 e. The van der Waals surface area contributed by atoms with Crippen molar-refractivity contribution in [2.45, 2.75) is 18.9 Å². The Morgan fingerprint density at radius 2 is 2.06 bits per heavy atom. The van der Waals surface area contributed by atoms with Gasteiger partial charge >= 0.3 is 5.97 Å². The fourth-order valence-electron chi connectivity index (χ4n) is 1.50. The predicted molar refractivity (Wildman–Crippen MR) is 67.7 cm³/mol. The molecule has 1 aromatic carbocycles. The molecule has 0 bridgehead atoms. The lowest BCUT2D eigenvalue weighted by atomic mass is 10.1. The van der Waals surface area contributed by atoms with Crippen molar-refractivity contribution in [2.24, 2.45) is 5.73 Å². The topological polar surface area (TPSA) is 81.8 Å². The second-order valence-electron chi connectivity index (χ2n) is 3.91. The van der Waals surface area contributed by atoms with Gasteiger partial charge in [0.2, 0.25) is 0 Å². The second-order valence-corrected chi connectivity index (χ2v) is 3.91. The number of benzene rings is 1. The van der Waals surface area contributed by atoms with E-state index in [1.165, 1.54) is 0 Å². The molecule has 0 saturated carbocycles. The standard InChI is InChI=1S/C13H19NO4/c1-17-9-7-10-2-4-11(5-3-10)18-12(6-8-14)13(15)16/h2-5,12H,6-9,14H2,1H3,(H,15,16). The lowest BCUT2D eigenvalue weighted by molar-refractivity contribution is -0.145. The molecular formula is C13H19NO4. The summed E-state index contributed by atoms with van der Waals surface area (Å²) in [5.74, 6) is -0.457. The van der Waals surface area contributed by atoms with Gasteiger partial charge in [-0.05, 0) is 30.7 Å². The molecular weight excluding hydrogens is 234 g/mol. The maximum atomic E-state index is 10.9. The molecule has 0 fully saturated rings. The van der Waals surface area contributed by atoms with Crippen molar-refractivity contribution in [3.8, 4) is 5.75 Å². The summed E-state index contributed by atoms with van der Waals surface area (Å²) < 4.78 is 10.3. The highest BCUT2D eigenvalue weighted by Crippen LogP contribution is 2.15. The quantitative estimate of drug-likeness (QED) is 0.724. The van der Waals surface area contributed by atoms with Gasteiger partial charge in [-0.25, -0.2) is 4.79 Å². The fourth-order valence-corrected chi connectivity index (χ4v) is 1.50. The zero-order valence-corrected chi connectivity index (χ0v) is 10.5. The number of carboxylic acids is 1. The number of methoxy groups -OCH3 is 1. The van der Waals surface area contributed by atoms with E-state index in [1.54, 1.807) is 19.2 Å². The normalized spacial score (nSPS) is 12.1. The first-order chi connectivity index (χ1) is 8.67. The van der Waals surface area contributed by atoms with Crippen molar-refractivity contribution >= 4 is 5.97 Å². The summed E-state index contributed by atoms with van der Waals surface area (Å²) in [5, 5.41) is 8.94. The zero-order chi connectivity index (χ0) is 13.4. The Hall–Kier alpha value is -1.59. The van der Waals surface area contributed by atoms with Crippen LogP contribution in [0.5, 0.6) is 5.75 Å². The Bertz CT molecular complexity index is 364. The molecule has 1 atom stereocenters. The Kier molecular flexibility index (Phi) is 6.18. The molecule has 0 radical (unpaired) electrons. The third-order valence-electron chi connectivity index (χ3n) is 2.50. The molecule has 0 amide bonds. The second kappa shape index (κ2) is 7.68. The first-order valence-corrected chi connectivity index (χ1v) is 5.84. The summed E-state index contributed by atoms with van der Waals surface area (Å²) >= 11 is 0. The van der Waals surface area contributed by atoms with Crippen molar-refractivity contribution < 1.29 is 19.4 Å². The molecule has 1 aromatic rings. The van der Waals surface area contributed by atoms with Crippen molar-refractivity contribution in [2.75, 3.05) is 20.3 Å². The van der Waals surface area contributed by atoms with Gasteiger partial charge in [0.1, 0.15) is 5.75 Å². The number of nitrogens with two attached hydrogens (primary N) is 1. The van der Waals surface area contributed by atoms with E-state index in [0.717, 1.165) is 12.0 Å². The Balaban J connectivity index is 2.58. The number of ether oxygens (including phenoxy) is 2. The van der Waals surface area contributed by atoms with E-state index in [9.17, 15) is 4.79 Å². The molecule has 3 N–H and O–H groups in total. The number of carboxylic acid groups (broad SMARTS) is 1. The van der Waals surface area contributed by atoms with Crippen LogP contribution in [0.25, 0.3) is 0 Å². The van der Waals surface area contributed by atoms with Gasteiger partial charge in [-0.3, -0.25) is 0 Å². The summed E-state index contributed by atoms with van der Waals surface area (Å²) in [4.78, 5) is 10.9. The molecule has 18 heavy (non-hydrogen) atoms. The third-order valence-corrected chi connectivity index (χ3v) is 2.50. The summed E-state index contributed by atoms with van der Waals surface area (Å²) in [6, 6.07) is 7.32. The van der Waals surface area contributed by atoms with Crippen LogP contribution in [0.1, 0.15) is 12.0 Å². The summed E-state index contributed by atoms with van der Waals surface area (Å²) in [6.07, 6.45) is 0.225. The van der Waals surface area contributed by atoms with Gasteiger partial charge in [0.15, 0.2) is 6.10 Å². The van der Waals surface area contributed by atoms with E-state index in [4.69, 9.17) is 20.3 Å². The van der Waals surface area contributed by atoms with Crippen LogP contribution in [-0.2, 0) is 16.0 Å². The highest BCUT2D eigenvalue weighted by molar-refractivity contribution is 5.72. The van der Waals surface area contributed by atoms with Crippen molar-refractivity contribution in [1.82, 2.24) is 0 Å². The highest BCUT2D eigenvalue weighted by atomic mass is 16.5. The van der Waals surface area contributed by atoms with Crippen LogP contribution in [-0.4, -0.2) is 37.4 Å². The SMILES string of the molecule is COCCc1ccc(OC(CCN)C(=O)O)cc1. The van der Waals surface area contributed by atoms with Crippen LogP contribution >= 0.6 is 0 Å². The first-order valence-electron chi connectivity index (χ1n) is 5.84. The molecule has 1 unspecified atom stereocenters. The smallest absolute Gasteiger partial charge is 0.344 e. The molecule has 0 aromatic heterocycles. The van der Waals surface area contributed by atoms with Gasteiger partial charge in [-0.2, -0.15) is 0 Å². The number of hydrogen-bond acceptors (Lipinski definition) is 4. The fraction of sp³-hybridized carbons (Fsp3) is 0.462. The van der Waals surface area contributed by atoms with Crippen molar-refractivity contribution in [3.05, 3.63) is 29.8 Å². The van der Waals surface area contributed by atoms with Gasteiger partial charge in [0, 0.05) is 13.5 Å². The average Bonchev–Trinajstić information content (AvgIpc) is 2.37. The van der Waals surface area contributed by atoms with Gasteiger partial charge in [-0.1, -0.05) is 12.1 Å². The Morgan fingerprint density at radius 1 is 1.39 bits per heavy atom. The molecule has 0 heterocycles. The summed E-state index contributed by atoms with van der Waals surface area (Å²) in [7, 11) is 1.65. The van der Waals surface area contributed by atoms with Crippen LogP contribution < -0.4 is 10.5 Å². The molecule has 0 saturated heterocycles. The molecule has 100 valence electrons. The zero-order valence-electron chi connectivity index (χ0n) is 10.5. The Labute approximate surface area is 107 Å². The largest absolute Gasteiger partial charge is 0.479 e. The first kappa shape index (κ1) is 14.5.